The van der Waals surface area contributed by atoms with E-state index < -0.39 is 28.5 Å². The quantitative estimate of drug-likeness (QED) is 0.267. The zero-order chi connectivity index (χ0) is 31.0. The first-order chi connectivity index (χ1) is 19.9. The van der Waals surface area contributed by atoms with Gasteiger partial charge in [-0.05, 0) is 69.2 Å². The lowest BCUT2D eigenvalue weighted by atomic mass is 10.1. The van der Waals surface area contributed by atoms with Gasteiger partial charge >= 0.3 is 0 Å². The number of ether oxygens (including phenoxy) is 2. The summed E-state index contributed by atoms with van der Waals surface area (Å²) < 4.78 is 40.7. The second kappa shape index (κ2) is 14.6. The fourth-order valence-corrected chi connectivity index (χ4v) is 5.87. The van der Waals surface area contributed by atoms with Crippen LogP contribution >= 0.6 is 15.9 Å². The smallest absolute Gasteiger partial charge is 0.264 e. The highest BCUT2D eigenvalue weighted by Gasteiger charge is 2.33. The molecule has 2 amide bonds. The monoisotopic (exact) mass is 659 g/mol. The molecule has 0 heterocycles. The van der Waals surface area contributed by atoms with Crippen molar-refractivity contribution in [3.05, 3.63) is 82.3 Å². The zero-order valence-corrected chi connectivity index (χ0v) is 27.2. The molecular formula is C31H38BrN3O6S. The summed E-state index contributed by atoms with van der Waals surface area (Å²) in [6, 6.07) is 17.6. The summed E-state index contributed by atoms with van der Waals surface area (Å²) >= 11 is 3.42. The first kappa shape index (κ1) is 32.9. The maximum atomic E-state index is 14.1. The van der Waals surface area contributed by atoms with Crippen molar-refractivity contribution in [2.45, 2.75) is 57.6 Å². The first-order valence-electron chi connectivity index (χ1n) is 13.6. The highest BCUT2D eigenvalue weighted by atomic mass is 79.9. The van der Waals surface area contributed by atoms with Gasteiger partial charge in [0.1, 0.15) is 12.6 Å². The van der Waals surface area contributed by atoms with E-state index in [0.29, 0.717) is 11.4 Å². The second-order valence-electron chi connectivity index (χ2n) is 10.0. The van der Waals surface area contributed by atoms with Crippen LogP contribution in [0.4, 0.5) is 5.69 Å². The van der Waals surface area contributed by atoms with Gasteiger partial charge in [0.2, 0.25) is 11.8 Å². The number of halogens is 1. The minimum Gasteiger partial charge on any atom is -0.493 e. The molecule has 0 spiro atoms. The number of sulfonamides is 1. The van der Waals surface area contributed by atoms with E-state index in [0.717, 1.165) is 26.3 Å². The van der Waals surface area contributed by atoms with Crippen molar-refractivity contribution in [1.29, 1.82) is 0 Å². The van der Waals surface area contributed by atoms with Crippen LogP contribution in [-0.4, -0.2) is 58.0 Å². The molecular weight excluding hydrogens is 622 g/mol. The third kappa shape index (κ3) is 8.04. The lowest BCUT2D eigenvalue weighted by Crippen LogP contribution is -2.52. The Balaban J connectivity index is 2.06. The van der Waals surface area contributed by atoms with Crippen LogP contribution in [0.5, 0.6) is 11.5 Å². The number of anilines is 1. The van der Waals surface area contributed by atoms with Gasteiger partial charge in [0.15, 0.2) is 11.5 Å². The third-order valence-corrected chi connectivity index (χ3v) is 9.28. The highest BCUT2D eigenvalue weighted by Crippen LogP contribution is 2.32. The summed E-state index contributed by atoms with van der Waals surface area (Å²) in [7, 11) is -1.38. The van der Waals surface area contributed by atoms with Gasteiger partial charge in [-0.2, -0.15) is 0 Å². The standard InChI is InChI=1S/C31H38BrN3O6S/c1-7-22(3)33-31(37)23(4)34(19-24-10-12-25(32)13-11-24)30(36)20-35(26-14-8-21(2)9-15-26)42(38,39)27-16-17-28(40-5)29(18-27)41-6/h8-18,22-23H,7,19-20H2,1-6H3,(H,33,37). The number of nitrogens with zero attached hydrogens (tertiary/aromatic N) is 2. The summed E-state index contributed by atoms with van der Waals surface area (Å²) in [5.74, 6) is -0.244. The molecule has 1 N–H and O–H groups in total. The van der Waals surface area contributed by atoms with Gasteiger partial charge in [-0.25, -0.2) is 8.42 Å². The number of methoxy groups -OCH3 is 2. The number of carbonyl (C=O) groups is 2. The molecule has 9 nitrogen and oxygen atoms in total. The topological polar surface area (TPSA) is 105 Å². The predicted molar refractivity (Wildman–Crippen MR) is 167 cm³/mol. The molecule has 42 heavy (non-hydrogen) atoms. The van der Waals surface area contributed by atoms with Crippen molar-refractivity contribution in [2.75, 3.05) is 25.1 Å². The van der Waals surface area contributed by atoms with Gasteiger partial charge in [-0.1, -0.05) is 52.7 Å². The average molecular weight is 661 g/mol. The van der Waals surface area contributed by atoms with Crippen molar-refractivity contribution >= 4 is 43.5 Å². The second-order valence-corrected chi connectivity index (χ2v) is 12.8. The molecule has 226 valence electrons. The van der Waals surface area contributed by atoms with Crippen LogP contribution in [0.2, 0.25) is 0 Å². The van der Waals surface area contributed by atoms with Gasteiger partial charge in [0, 0.05) is 23.1 Å². The Morgan fingerprint density at radius 3 is 2.12 bits per heavy atom. The van der Waals surface area contributed by atoms with E-state index in [9.17, 15) is 18.0 Å². The van der Waals surface area contributed by atoms with Gasteiger partial charge in [0.25, 0.3) is 10.0 Å². The molecule has 0 aliphatic heterocycles. The summed E-state index contributed by atoms with van der Waals surface area (Å²) in [5, 5.41) is 2.93. The number of carbonyl (C=O) groups excluding carboxylic acids is 2. The number of hydrogen-bond donors (Lipinski definition) is 1. The van der Waals surface area contributed by atoms with E-state index in [2.05, 4.69) is 21.2 Å². The van der Waals surface area contributed by atoms with E-state index >= 15 is 0 Å². The Hall–Kier alpha value is -3.57. The molecule has 2 unspecified atom stereocenters. The molecule has 0 saturated heterocycles. The van der Waals surface area contributed by atoms with Crippen LogP contribution in [0.15, 0.2) is 76.1 Å². The molecule has 11 heteroatoms. The van der Waals surface area contributed by atoms with E-state index in [-0.39, 0.29) is 29.1 Å². The summed E-state index contributed by atoms with van der Waals surface area (Å²) in [6.07, 6.45) is 0.726. The minimum absolute atomic E-state index is 0.0736. The molecule has 0 aliphatic carbocycles. The predicted octanol–water partition coefficient (Wildman–Crippen LogP) is 5.30. The summed E-state index contributed by atoms with van der Waals surface area (Å²) in [6.45, 7) is 6.96. The van der Waals surface area contributed by atoms with Crippen LogP contribution in [0, 0.1) is 6.92 Å². The molecule has 0 aromatic heterocycles. The Labute approximate surface area is 257 Å². The third-order valence-electron chi connectivity index (χ3n) is 6.98. The summed E-state index contributed by atoms with van der Waals surface area (Å²) in [4.78, 5) is 28.6. The number of aryl methyl sites for hydroxylation is 1. The maximum absolute atomic E-state index is 14.1. The molecule has 3 aromatic rings. The number of benzene rings is 3. The Morgan fingerprint density at radius 1 is 0.929 bits per heavy atom. The van der Waals surface area contributed by atoms with E-state index in [4.69, 9.17) is 9.47 Å². The largest absolute Gasteiger partial charge is 0.493 e. The fourth-order valence-electron chi connectivity index (χ4n) is 4.18. The summed E-state index contributed by atoms with van der Waals surface area (Å²) in [5.41, 5.74) is 2.03. The number of hydrogen-bond acceptors (Lipinski definition) is 6. The minimum atomic E-state index is -4.26. The number of amides is 2. The van der Waals surface area contributed by atoms with Gasteiger partial charge in [-0.15, -0.1) is 0 Å². The van der Waals surface area contributed by atoms with Crippen molar-refractivity contribution in [3.63, 3.8) is 0 Å². The molecule has 0 aliphatic rings. The van der Waals surface area contributed by atoms with Crippen LogP contribution in [-0.2, 0) is 26.2 Å². The molecule has 2 atom stereocenters. The van der Waals surface area contributed by atoms with Crippen molar-refractivity contribution in [1.82, 2.24) is 10.2 Å². The molecule has 0 radical (unpaired) electrons. The maximum Gasteiger partial charge on any atom is 0.264 e. The molecule has 3 aromatic carbocycles. The van der Waals surface area contributed by atoms with Gasteiger partial charge in [0.05, 0.1) is 24.8 Å². The van der Waals surface area contributed by atoms with Crippen molar-refractivity contribution in [2.24, 2.45) is 0 Å². The highest BCUT2D eigenvalue weighted by molar-refractivity contribution is 9.10. The number of nitrogens with one attached hydrogen (secondary N) is 1. The van der Waals surface area contributed by atoms with E-state index in [1.807, 2.05) is 45.0 Å². The Bertz CT molecular complexity index is 1480. The molecule has 0 saturated carbocycles. The van der Waals surface area contributed by atoms with Gasteiger partial charge < -0.3 is 19.7 Å². The van der Waals surface area contributed by atoms with Crippen LogP contribution in [0.3, 0.4) is 0 Å². The van der Waals surface area contributed by atoms with E-state index in [1.54, 1.807) is 31.2 Å². The Kier molecular flexibility index (Phi) is 11.4. The normalized spacial score (nSPS) is 12.6. The first-order valence-corrected chi connectivity index (χ1v) is 15.8. The van der Waals surface area contributed by atoms with Gasteiger partial charge in [-0.3, -0.25) is 13.9 Å². The van der Waals surface area contributed by atoms with Crippen LogP contribution in [0.25, 0.3) is 0 Å². The molecule has 0 bridgehead atoms. The van der Waals surface area contributed by atoms with Crippen LogP contribution < -0.4 is 19.1 Å². The fraction of sp³-hybridized carbons (Fsp3) is 0.355. The van der Waals surface area contributed by atoms with Crippen molar-refractivity contribution < 1.29 is 27.5 Å². The van der Waals surface area contributed by atoms with Crippen molar-refractivity contribution in [3.8, 4) is 11.5 Å². The molecule has 0 fully saturated rings. The van der Waals surface area contributed by atoms with E-state index in [1.165, 1.54) is 37.3 Å². The lowest BCUT2D eigenvalue weighted by molar-refractivity contribution is -0.139. The zero-order valence-electron chi connectivity index (χ0n) is 24.8. The SMILES string of the molecule is CCC(C)NC(=O)C(C)N(Cc1ccc(Br)cc1)C(=O)CN(c1ccc(C)cc1)S(=O)(=O)c1ccc(OC)c(OC)c1. The van der Waals surface area contributed by atoms with Crippen LogP contribution in [0.1, 0.15) is 38.3 Å². The lowest BCUT2D eigenvalue weighted by Gasteiger charge is -2.32. The number of rotatable bonds is 13. The average Bonchev–Trinajstić information content (AvgIpc) is 2.98. The molecule has 3 rings (SSSR count). The Morgan fingerprint density at radius 2 is 1.55 bits per heavy atom.